The van der Waals surface area contributed by atoms with Gasteiger partial charge in [-0.05, 0) is 24.1 Å². The lowest BCUT2D eigenvalue weighted by Gasteiger charge is -2.11. The molecule has 126 valence electrons. The molecule has 0 fully saturated rings. The van der Waals surface area contributed by atoms with Crippen molar-refractivity contribution in [1.29, 1.82) is 0 Å². The highest BCUT2D eigenvalue weighted by Crippen LogP contribution is 2.21. The number of aliphatic carboxylic acids is 1. The molecule has 0 saturated carbocycles. The molecule has 0 saturated heterocycles. The zero-order chi connectivity index (χ0) is 17.4. The van der Waals surface area contributed by atoms with Crippen LogP contribution in [0.4, 0.5) is 10.5 Å². The Kier molecular flexibility index (Phi) is 7.34. The largest absolute Gasteiger partial charge is 0.481 e. The SMILES string of the molecule is CC(C)CNC(=O)c1ccc(NC(=O)NCCC(=O)O)cc1Cl. The van der Waals surface area contributed by atoms with E-state index in [0.717, 1.165) is 0 Å². The van der Waals surface area contributed by atoms with Crippen molar-refractivity contribution >= 4 is 35.2 Å². The van der Waals surface area contributed by atoms with Crippen LogP contribution in [0.15, 0.2) is 18.2 Å². The number of carboxylic acids is 1. The maximum Gasteiger partial charge on any atom is 0.319 e. The zero-order valence-electron chi connectivity index (χ0n) is 13.0. The summed E-state index contributed by atoms with van der Waals surface area (Å²) in [6, 6.07) is 3.99. The first-order valence-electron chi connectivity index (χ1n) is 7.14. The third-order valence-electron chi connectivity index (χ3n) is 2.77. The quantitative estimate of drug-likeness (QED) is 0.610. The van der Waals surface area contributed by atoms with Crippen LogP contribution in [0.2, 0.25) is 5.02 Å². The molecular weight excluding hydrogens is 322 g/mol. The van der Waals surface area contributed by atoms with Crippen LogP contribution >= 0.6 is 11.6 Å². The lowest BCUT2D eigenvalue weighted by Crippen LogP contribution is -2.30. The molecule has 4 N–H and O–H groups in total. The van der Waals surface area contributed by atoms with Crippen molar-refractivity contribution in [2.24, 2.45) is 5.92 Å². The fourth-order valence-electron chi connectivity index (χ4n) is 1.63. The van der Waals surface area contributed by atoms with Crippen molar-refractivity contribution in [3.05, 3.63) is 28.8 Å². The number of rotatable bonds is 7. The molecule has 0 bridgehead atoms. The van der Waals surface area contributed by atoms with Gasteiger partial charge in [0.15, 0.2) is 0 Å². The number of benzene rings is 1. The number of hydrogen-bond donors (Lipinski definition) is 4. The summed E-state index contributed by atoms with van der Waals surface area (Å²) in [7, 11) is 0. The van der Waals surface area contributed by atoms with Gasteiger partial charge in [0.05, 0.1) is 17.0 Å². The number of carboxylic acid groups (broad SMARTS) is 1. The molecule has 8 heteroatoms. The summed E-state index contributed by atoms with van der Waals surface area (Å²) in [4.78, 5) is 33.9. The minimum atomic E-state index is -0.995. The Hall–Kier alpha value is -2.28. The molecule has 0 aliphatic rings. The van der Waals surface area contributed by atoms with Gasteiger partial charge in [0.1, 0.15) is 0 Å². The average molecular weight is 342 g/mol. The van der Waals surface area contributed by atoms with Crippen molar-refractivity contribution in [3.8, 4) is 0 Å². The Bertz CT molecular complexity index is 590. The minimum absolute atomic E-state index is 0.0184. The summed E-state index contributed by atoms with van der Waals surface area (Å²) in [5.74, 6) is -0.945. The van der Waals surface area contributed by atoms with Crippen LogP contribution in [-0.2, 0) is 4.79 Å². The van der Waals surface area contributed by atoms with Crippen LogP contribution in [0, 0.1) is 5.92 Å². The maximum atomic E-state index is 12.0. The van der Waals surface area contributed by atoms with E-state index < -0.39 is 12.0 Å². The van der Waals surface area contributed by atoms with E-state index in [9.17, 15) is 14.4 Å². The first-order valence-corrected chi connectivity index (χ1v) is 7.51. The number of carbonyl (C=O) groups is 3. The third kappa shape index (κ3) is 7.01. The highest BCUT2D eigenvalue weighted by molar-refractivity contribution is 6.34. The number of nitrogens with one attached hydrogen (secondary N) is 3. The molecule has 0 radical (unpaired) electrons. The first-order chi connectivity index (χ1) is 10.8. The molecule has 0 aliphatic carbocycles. The van der Waals surface area contributed by atoms with Crippen LogP contribution in [0.25, 0.3) is 0 Å². The standard InChI is InChI=1S/C15H20ClN3O4/c1-9(2)8-18-14(22)11-4-3-10(7-12(11)16)19-15(23)17-6-5-13(20)21/h3-4,7,9H,5-6,8H2,1-2H3,(H,18,22)(H,20,21)(H2,17,19,23). The number of halogens is 1. The fraction of sp³-hybridized carbons (Fsp3) is 0.400. The molecule has 1 aromatic rings. The summed E-state index contributed by atoms with van der Waals surface area (Å²) in [5, 5.41) is 16.4. The highest BCUT2D eigenvalue weighted by Gasteiger charge is 2.12. The van der Waals surface area contributed by atoms with Crippen molar-refractivity contribution in [2.75, 3.05) is 18.4 Å². The predicted molar refractivity (Wildman–Crippen MR) is 87.9 cm³/mol. The summed E-state index contributed by atoms with van der Waals surface area (Å²) >= 11 is 6.06. The van der Waals surface area contributed by atoms with Gasteiger partial charge in [-0.25, -0.2) is 4.79 Å². The minimum Gasteiger partial charge on any atom is -0.481 e. The molecule has 23 heavy (non-hydrogen) atoms. The van der Waals surface area contributed by atoms with Crippen LogP contribution in [0.5, 0.6) is 0 Å². The monoisotopic (exact) mass is 341 g/mol. The molecule has 0 aromatic heterocycles. The van der Waals surface area contributed by atoms with Gasteiger partial charge in [-0.15, -0.1) is 0 Å². The van der Waals surface area contributed by atoms with E-state index in [1.807, 2.05) is 13.8 Å². The summed E-state index contributed by atoms with van der Waals surface area (Å²) in [6.45, 7) is 4.53. The second-order valence-electron chi connectivity index (χ2n) is 5.32. The third-order valence-corrected chi connectivity index (χ3v) is 3.08. The normalized spacial score (nSPS) is 10.3. The summed E-state index contributed by atoms with van der Waals surface area (Å²) in [6.07, 6.45) is -0.164. The van der Waals surface area contributed by atoms with Gasteiger partial charge in [0.2, 0.25) is 0 Å². The van der Waals surface area contributed by atoms with E-state index in [0.29, 0.717) is 23.7 Å². The van der Waals surface area contributed by atoms with Crippen LogP contribution in [0.1, 0.15) is 30.6 Å². The fourth-order valence-corrected chi connectivity index (χ4v) is 1.89. The van der Waals surface area contributed by atoms with E-state index in [1.54, 1.807) is 6.07 Å². The number of hydrogen-bond acceptors (Lipinski definition) is 3. The summed E-state index contributed by atoms with van der Waals surface area (Å²) in [5.41, 5.74) is 0.729. The number of amides is 3. The van der Waals surface area contributed by atoms with Crippen LogP contribution in [0.3, 0.4) is 0 Å². The molecule has 7 nitrogen and oxygen atoms in total. The Balaban J connectivity index is 2.60. The van der Waals surface area contributed by atoms with Gasteiger partial charge < -0.3 is 21.1 Å². The Labute approximate surface area is 139 Å². The maximum absolute atomic E-state index is 12.0. The zero-order valence-corrected chi connectivity index (χ0v) is 13.7. The Morgan fingerprint density at radius 3 is 2.48 bits per heavy atom. The van der Waals surface area contributed by atoms with Gasteiger partial charge in [0, 0.05) is 18.8 Å². The number of carbonyl (C=O) groups excluding carboxylic acids is 2. The lowest BCUT2D eigenvalue weighted by molar-refractivity contribution is -0.136. The molecule has 1 rings (SSSR count). The first kappa shape index (κ1) is 18.8. The van der Waals surface area contributed by atoms with Gasteiger partial charge >= 0.3 is 12.0 Å². The van der Waals surface area contributed by atoms with Crippen LogP contribution in [-0.4, -0.2) is 36.1 Å². The second kappa shape index (κ2) is 8.99. The van der Waals surface area contributed by atoms with Gasteiger partial charge in [-0.3, -0.25) is 9.59 Å². The van der Waals surface area contributed by atoms with E-state index >= 15 is 0 Å². The molecule has 0 atom stereocenters. The summed E-state index contributed by atoms with van der Waals surface area (Å²) < 4.78 is 0. The Morgan fingerprint density at radius 1 is 1.22 bits per heavy atom. The molecular formula is C15H20ClN3O4. The van der Waals surface area contributed by atoms with E-state index in [-0.39, 0.29) is 23.9 Å². The molecule has 0 aliphatic heterocycles. The number of anilines is 1. The van der Waals surface area contributed by atoms with Gasteiger partial charge in [-0.1, -0.05) is 25.4 Å². The van der Waals surface area contributed by atoms with Crippen molar-refractivity contribution < 1.29 is 19.5 Å². The van der Waals surface area contributed by atoms with E-state index in [1.165, 1.54) is 12.1 Å². The Morgan fingerprint density at radius 2 is 1.91 bits per heavy atom. The second-order valence-corrected chi connectivity index (χ2v) is 5.73. The van der Waals surface area contributed by atoms with Crippen molar-refractivity contribution in [2.45, 2.75) is 20.3 Å². The predicted octanol–water partition coefficient (Wildman–Crippen LogP) is 2.32. The average Bonchev–Trinajstić information content (AvgIpc) is 2.44. The number of urea groups is 1. The molecule has 3 amide bonds. The smallest absolute Gasteiger partial charge is 0.319 e. The molecule has 0 heterocycles. The molecule has 1 aromatic carbocycles. The van der Waals surface area contributed by atoms with Gasteiger partial charge in [-0.2, -0.15) is 0 Å². The van der Waals surface area contributed by atoms with E-state index in [4.69, 9.17) is 16.7 Å². The highest BCUT2D eigenvalue weighted by atomic mass is 35.5. The van der Waals surface area contributed by atoms with Crippen molar-refractivity contribution in [3.63, 3.8) is 0 Å². The lowest BCUT2D eigenvalue weighted by atomic mass is 10.1. The topological polar surface area (TPSA) is 108 Å². The van der Waals surface area contributed by atoms with Crippen molar-refractivity contribution in [1.82, 2.24) is 10.6 Å². The van der Waals surface area contributed by atoms with E-state index in [2.05, 4.69) is 16.0 Å². The molecule has 0 unspecified atom stereocenters. The van der Waals surface area contributed by atoms with Gasteiger partial charge in [0.25, 0.3) is 5.91 Å². The van der Waals surface area contributed by atoms with Crippen LogP contribution < -0.4 is 16.0 Å². The molecule has 0 spiro atoms.